The summed E-state index contributed by atoms with van der Waals surface area (Å²) in [6.07, 6.45) is 32.3. The van der Waals surface area contributed by atoms with Gasteiger partial charge in [0.2, 0.25) is 0 Å². The molecule has 61 heavy (non-hydrogen) atoms. The number of terminal acetylenes is 2. The molecule has 1 aromatic carbocycles. The van der Waals surface area contributed by atoms with E-state index in [-0.39, 0.29) is 33.0 Å². The number of Topliss-reactive ketones (excluding diaryl/α,β-unsaturated/α-hetero) is 1. The minimum absolute atomic E-state index is 0.00469. The van der Waals surface area contributed by atoms with E-state index in [4.69, 9.17) is 4.98 Å². The second-order valence-electron chi connectivity index (χ2n) is 19.1. The summed E-state index contributed by atoms with van der Waals surface area (Å²) in [4.78, 5) is 35.5. The molecule has 0 bridgehead atoms. The van der Waals surface area contributed by atoms with Crippen LogP contribution in [-0.4, -0.2) is 33.9 Å². The number of fused-ring (bicyclic) bond motifs is 7. The summed E-state index contributed by atoms with van der Waals surface area (Å²) in [7, 11) is 0. The van der Waals surface area contributed by atoms with Crippen LogP contribution in [0.4, 0.5) is 5.13 Å². The van der Waals surface area contributed by atoms with Gasteiger partial charge in [0.1, 0.15) is 0 Å². The monoisotopic (exact) mass is 872 g/mol. The Kier molecular flexibility index (Phi) is 13.9. The summed E-state index contributed by atoms with van der Waals surface area (Å²) in [5, 5.41) is 16.9. The van der Waals surface area contributed by atoms with Crippen LogP contribution in [0.5, 0.6) is 0 Å². The zero-order valence-corrected chi connectivity index (χ0v) is 39.4. The molecule has 0 aliphatic heterocycles. The first-order valence-electron chi connectivity index (χ1n) is 21.9. The van der Waals surface area contributed by atoms with Gasteiger partial charge in [-0.25, -0.2) is 9.78 Å². The number of nitrogens with zero attached hydrogens (tertiary/aromatic N) is 2. The van der Waals surface area contributed by atoms with Crippen molar-refractivity contribution in [2.45, 2.75) is 111 Å². The number of allylic oxidation sites excluding steroid dienone is 3. The van der Waals surface area contributed by atoms with Crippen molar-refractivity contribution in [3.63, 3.8) is 0 Å². The molecule has 0 spiro atoms. The van der Waals surface area contributed by atoms with Crippen LogP contribution in [-0.2, 0) is 0 Å². The van der Waals surface area contributed by atoms with Crippen LogP contribution >= 0.6 is 34.0 Å². The first kappa shape index (κ1) is 46.3. The fourth-order valence-corrected chi connectivity index (χ4v) is 16.2. The van der Waals surface area contributed by atoms with Crippen molar-refractivity contribution in [3.8, 4) is 36.3 Å². The second kappa shape index (κ2) is 18.3. The molecule has 4 saturated carbocycles. The lowest BCUT2D eigenvalue weighted by molar-refractivity contribution is -0.215. The van der Waals surface area contributed by atoms with Crippen molar-refractivity contribution >= 4 is 56.5 Å². The molecule has 3 heterocycles. The third-order valence-electron chi connectivity index (χ3n) is 16.5. The van der Waals surface area contributed by atoms with Crippen molar-refractivity contribution in [2.24, 2.45) is 45.3 Å². The van der Waals surface area contributed by atoms with Gasteiger partial charge in [-0.2, -0.15) is 0 Å². The minimum Gasteiger partial charge on any atom is -0.478 e. The van der Waals surface area contributed by atoms with Gasteiger partial charge in [0, 0.05) is 10.9 Å². The fraction of sp³-hybridized carbons (Fsp3) is 0.491. The Morgan fingerprint density at radius 3 is 2.16 bits per heavy atom. The van der Waals surface area contributed by atoms with Gasteiger partial charge >= 0.3 is 5.97 Å². The molecule has 0 amide bonds. The Labute approximate surface area is 377 Å². The maximum Gasteiger partial charge on any atom is 0.335 e. The third-order valence-corrected chi connectivity index (χ3v) is 19.1. The smallest absolute Gasteiger partial charge is 0.335 e. The SMILES string of the molecule is C#C.C#C.C=CC.CC1(C)C(c2ccc(C(=O)O)cc2)=CC[C@@]2(C)C1CC[C@]1(C)C2CC[C@@H]2C3CCC[C@]3(N(CC(=O)c3cccs3)c3nc(-c4cccs4)cs3)CC[C@]21C. The number of anilines is 1. The normalized spacial score (nSPS) is 31.5. The van der Waals surface area contributed by atoms with Crippen LogP contribution in [0.2, 0.25) is 0 Å². The molecule has 4 aromatic rings. The zero-order valence-electron chi connectivity index (χ0n) is 37.0. The number of thiazole rings is 1. The summed E-state index contributed by atoms with van der Waals surface area (Å²) in [5.41, 5.74) is 4.57. The highest BCUT2D eigenvalue weighted by Gasteiger charge is 2.70. The molecule has 1 N–H and O–H groups in total. The molecule has 8 heteroatoms. The van der Waals surface area contributed by atoms with Crippen molar-refractivity contribution < 1.29 is 14.7 Å². The molecule has 5 aliphatic rings. The number of carboxylic acids is 1. The van der Waals surface area contributed by atoms with E-state index in [0.717, 1.165) is 35.0 Å². The Morgan fingerprint density at radius 2 is 1.52 bits per heavy atom. The second-order valence-corrected chi connectivity index (χ2v) is 21.8. The van der Waals surface area contributed by atoms with Crippen LogP contribution in [0.3, 0.4) is 0 Å². The number of aromatic carboxylic acids is 1. The first-order valence-corrected chi connectivity index (χ1v) is 24.5. The van der Waals surface area contributed by atoms with E-state index >= 15 is 0 Å². The summed E-state index contributed by atoms with van der Waals surface area (Å²) in [6, 6.07) is 15.8. The van der Waals surface area contributed by atoms with Gasteiger partial charge in [0.05, 0.1) is 27.6 Å². The van der Waals surface area contributed by atoms with E-state index in [9.17, 15) is 14.7 Å². The van der Waals surface area contributed by atoms with Crippen LogP contribution in [0.25, 0.3) is 16.1 Å². The molecule has 0 radical (unpaired) electrons. The predicted molar refractivity (Wildman–Crippen MR) is 259 cm³/mol. The highest BCUT2D eigenvalue weighted by Crippen LogP contribution is 2.76. The quantitative estimate of drug-likeness (QED) is 0.108. The van der Waals surface area contributed by atoms with E-state index < -0.39 is 5.97 Å². The largest absolute Gasteiger partial charge is 0.478 e. The number of carboxylic acid groups (broad SMARTS) is 1. The van der Waals surface area contributed by atoms with E-state index in [0.29, 0.717) is 35.8 Å². The molecule has 0 saturated heterocycles. The number of ketones is 1. The van der Waals surface area contributed by atoms with E-state index in [1.807, 2.05) is 36.6 Å². The van der Waals surface area contributed by atoms with Gasteiger partial charge in [-0.3, -0.25) is 4.79 Å². The molecule has 5 aliphatic carbocycles. The van der Waals surface area contributed by atoms with Crippen LogP contribution < -0.4 is 4.90 Å². The maximum absolute atomic E-state index is 14.0. The minimum atomic E-state index is -0.870. The van der Waals surface area contributed by atoms with Crippen LogP contribution in [0.15, 0.2) is 83.4 Å². The number of carbonyl (C=O) groups is 2. The number of hydrogen-bond donors (Lipinski definition) is 1. The van der Waals surface area contributed by atoms with E-state index in [1.54, 1.807) is 52.2 Å². The van der Waals surface area contributed by atoms with Crippen molar-refractivity contribution in [2.75, 3.05) is 11.4 Å². The Balaban J connectivity index is 0.000000842. The average molecular weight is 873 g/mol. The zero-order chi connectivity index (χ0) is 44.4. The number of carbonyl (C=O) groups excluding carboxylic acids is 1. The van der Waals surface area contributed by atoms with Gasteiger partial charge in [-0.05, 0) is 156 Å². The Morgan fingerprint density at radius 1 is 0.836 bits per heavy atom. The number of rotatable bonds is 8. The lowest BCUT2D eigenvalue weighted by atomic mass is 9.33. The highest BCUT2D eigenvalue weighted by atomic mass is 32.1. The Hall–Kier alpha value is -4.21. The van der Waals surface area contributed by atoms with E-state index in [2.05, 4.69) is 101 Å². The van der Waals surface area contributed by atoms with Crippen molar-refractivity contribution in [3.05, 3.63) is 99.4 Å². The molecule has 9 rings (SSSR count). The summed E-state index contributed by atoms with van der Waals surface area (Å²) in [6.45, 7) is 18.6. The van der Waals surface area contributed by atoms with Gasteiger partial charge in [-0.15, -0.1) is 66.3 Å². The van der Waals surface area contributed by atoms with Gasteiger partial charge in [0.15, 0.2) is 10.9 Å². The van der Waals surface area contributed by atoms with Gasteiger partial charge < -0.3 is 10.0 Å². The topological polar surface area (TPSA) is 70.5 Å². The number of hydrogen-bond acceptors (Lipinski definition) is 7. The highest BCUT2D eigenvalue weighted by molar-refractivity contribution is 7.16. The summed E-state index contributed by atoms with van der Waals surface area (Å²) >= 11 is 5.03. The average Bonchev–Trinajstić information content (AvgIpc) is 4.10. The molecule has 4 fully saturated rings. The predicted octanol–water partition coefficient (Wildman–Crippen LogP) is 14.3. The molecule has 322 valence electrons. The summed E-state index contributed by atoms with van der Waals surface area (Å²) in [5.74, 6) is 1.74. The lowest BCUT2D eigenvalue weighted by Crippen LogP contribution is -2.68. The van der Waals surface area contributed by atoms with Crippen LogP contribution in [0.1, 0.15) is 131 Å². The Bertz CT molecular complexity index is 2220. The number of benzene rings is 1. The molecular formula is C53H64N2O3S3. The molecule has 3 aromatic heterocycles. The summed E-state index contributed by atoms with van der Waals surface area (Å²) < 4.78 is 0. The molecular weight excluding hydrogens is 809 g/mol. The number of aromatic nitrogens is 1. The van der Waals surface area contributed by atoms with Gasteiger partial charge in [0.25, 0.3) is 0 Å². The maximum atomic E-state index is 14.0. The molecule has 3 unspecified atom stereocenters. The van der Waals surface area contributed by atoms with E-state index in [1.165, 1.54) is 61.0 Å². The standard InChI is InChI=1S/C46H54N2O3S3.C3H6.2C2H2/c1-42(2)31(29-12-14-30(15-13-29)40(50)51)18-21-43(3)38(42)19-22-45(5)39(43)17-16-32-33-9-6-20-46(33,24-23-44(32,45)4)48(27-35(49)37-11-8-26-53-37)41-47-34(28-54-41)36-10-7-25-52-36;1-3-2;2*1-2/h7-8,10-15,18,25-26,28,32-33,38-39H,6,9,16-17,19-24,27H2,1-5H3,(H,50,51);3H,1H2,2H3;2*1-2H/t32-,33?,38?,39?,43+,44-,45-,46+;;;/m1.../s1. The molecule has 8 atom stereocenters. The fourth-order valence-electron chi connectivity index (χ4n) is 13.9. The van der Waals surface area contributed by atoms with Crippen molar-refractivity contribution in [1.82, 2.24) is 4.98 Å². The third kappa shape index (κ3) is 7.70. The first-order chi connectivity index (χ1) is 29.2. The molecule has 5 nitrogen and oxygen atoms in total. The van der Waals surface area contributed by atoms with Crippen LogP contribution in [0, 0.1) is 71.0 Å². The van der Waals surface area contributed by atoms with Gasteiger partial charge in [-0.1, -0.05) is 77.5 Å². The number of thiophene rings is 2. The lowest BCUT2D eigenvalue weighted by Gasteiger charge is -2.72. The van der Waals surface area contributed by atoms with Crippen molar-refractivity contribution in [1.29, 1.82) is 0 Å².